The van der Waals surface area contributed by atoms with Gasteiger partial charge in [0.25, 0.3) is 0 Å². The number of nitrogens with one attached hydrogen (secondary N) is 1. The van der Waals surface area contributed by atoms with Crippen LogP contribution in [0.3, 0.4) is 0 Å². The largest absolute Gasteiger partial charge is 0.380 e. The number of ether oxygens (including phenoxy) is 1. The zero-order chi connectivity index (χ0) is 8.23. The van der Waals surface area contributed by atoms with Crippen LogP contribution in [0, 0.1) is 5.92 Å². The zero-order valence-electron chi connectivity index (χ0n) is 7.72. The third kappa shape index (κ3) is 2.76. The van der Waals surface area contributed by atoms with E-state index in [-0.39, 0.29) is 0 Å². The number of hydrogen-bond acceptors (Lipinski definition) is 2. The molecule has 1 unspecified atom stereocenters. The van der Waals surface area contributed by atoms with Gasteiger partial charge in [-0.1, -0.05) is 12.8 Å². The summed E-state index contributed by atoms with van der Waals surface area (Å²) in [5.41, 5.74) is 0. The lowest BCUT2D eigenvalue weighted by atomic mass is 10.2. The Morgan fingerprint density at radius 2 is 2.17 bits per heavy atom. The Labute approximate surface area is 74.7 Å². The molecule has 2 heteroatoms. The molecule has 1 heterocycles. The minimum Gasteiger partial charge on any atom is -0.380 e. The normalized spacial score (nSPS) is 29.5. The molecule has 0 bridgehead atoms. The lowest BCUT2D eigenvalue weighted by molar-refractivity contribution is 0.111. The average Bonchev–Trinajstić information content (AvgIpc) is 2.76. The summed E-state index contributed by atoms with van der Waals surface area (Å²) in [5.74, 6) is 1.02. The van der Waals surface area contributed by atoms with Crippen molar-refractivity contribution in [2.45, 2.75) is 38.1 Å². The SMILES string of the molecule is C1CNC(COCCC2CC2)C1. The summed E-state index contributed by atoms with van der Waals surface area (Å²) in [6, 6.07) is 0.657. The van der Waals surface area contributed by atoms with Gasteiger partial charge in [-0.3, -0.25) is 0 Å². The highest BCUT2D eigenvalue weighted by atomic mass is 16.5. The maximum absolute atomic E-state index is 5.61. The second-order valence-electron chi connectivity index (χ2n) is 4.10. The summed E-state index contributed by atoms with van der Waals surface area (Å²) >= 11 is 0. The smallest absolute Gasteiger partial charge is 0.0619 e. The molecule has 1 N–H and O–H groups in total. The maximum atomic E-state index is 5.61. The fourth-order valence-electron chi connectivity index (χ4n) is 1.78. The van der Waals surface area contributed by atoms with E-state index in [2.05, 4.69) is 5.32 Å². The fourth-order valence-corrected chi connectivity index (χ4v) is 1.78. The van der Waals surface area contributed by atoms with Crippen LogP contribution in [-0.2, 0) is 4.74 Å². The molecule has 0 aromatic heterocycles. The minimum absolute atomic E-state index is 0.657. The molecule has 0 aromatic rings. The molecule has 2 nitrogen and oxygen atoms in total. The summed E-state index contributed by atoms with van der Waals surface area (Å²) in [6.45, 7) is 3.12. The maximum Gasteiger partial charge on any atom is 0.0619 e. The molecule has 70 valence electrons. The summed E-state index contributed by atoms with van der Waals surface area (Å²) in [6.07, 6.45) is 6.84. The lowest BCUT2D eigenvalue weighted by Gasteiger charge is -2.10. The summed E-state index contributed by atoms with van der Waals surface area (Å²) in [5, 5.41) is 3.44. The van der Waals surface area contributed by atoms with Crippen LogP contribution in [0.25, 0.3) is 0 Å². The predicted molar refractivity (Wildman–Crippen MR) is 49.2 cm³/mol. The van der Waals surface area contributed by atoms with E-state index in [4.69, 9.17) is 4.74 Å². The Hall–Kier alpha value is -0.0800. The Bertz CT molecular complexity index is 128. The number of rotatable bonds is 5. The van der Waals surface area contributed by atoms with E-state index in [1.807, 2.05) is 0 Å². The molecule has 12 heavy (non-hydrogen) atoms. The second kappa shape index (κ2) is 4.24. The van der Waals surface area contributed by atoms with Gasteiger partial charge in [0.1, 0.15) is 0 Å². The minimum atomic E-state index is 0.657. The lowest BCUT2D eigenvalue weighted by Crippen LogP contribution is -2.26. The van der Waals surface area contributed by atoms with Gasteiger partial charge in [-0.15, -0.1) is 0 Å². The standard InChI is InChI=1S/C10H19NO/c1-2-10(11-6-1)8-12-7-5-9-3-4-9/h9-11H,1-8H2. The summed E-state index contributed by atoms with van der Waals surface area (Å²) < 4.78 is 5.61. The van der Waals surface area contributed by atoms with Crippen molar-refractivity contribution in [3.05, 3.63) is 0 Å². The molecule has 1 saturated carbocycles. The highest BCUT2D eigenvalue weighted by Crippen LogP contribution is 2.32. The Balaban J connectivity index is 1.44. The van der Waals surface area contributed by atoms with Gasteiger partial charge < -0.3 is 10.1 Å². The topological polar surface area (TPSA) is 21.3 Å². The van der Waals surface area contributed by atoms with Crippen molar-refractivity contribution < 1.29 is 4.74 Å². The Kier molecular flexibility index (Phi) is 3.01. The van der Waals surface area contributed by atoms with Crippen LogP contribution < -0.4 is 5.32 Å². The van der Waals surface area contributed by atoms with Gasteiger partial charge in [0.2, 0.25) is 0 Å². The molecule has 1 saturated heterocycles. The van der Waals surface area contributed by atoms with Crippen LogP contribution in [0.5, 0.6) is 0 Å². The number of hydrogen-bond donors (Lipinski definition) is 1. The van der Waals surface area contributed by atoms with Gasteiger partial charge in [-0.25, -0.2) is 0 Å². The van der Waals surface area contributed by atoms with Crippen molar-refractivity contribution in [1.82, 2.24) is 5.32 Å². The van der Waals surface area contributed by atoms with Crippen molar-refractivity contribution in [2.75, 3.05) is 19.8 Å². The van der Waals surface area contributed by atoms with Gasteiger partial charge in [0.15, 0.2) is 0 Å². The van der Waals surface area contributed by atoms with E-state index in [0.29, 0.717) is 6.04 Å². The third-order valence-corrected chi connectivity index (χ3v) is 2.85. The van der Waals surface area contributed by atoms with E-state index in [1.54, 1.807) is 0 Å². The molecule has 0 radical (unpaired) electrons. The van der Waals surface area contributed by atoms with Crippen molar-refractivity contribution in [2.24, 2.45) is 5.92 Å². The summed E-state index contributed by atoms with van der Waals surface area (Å²) in [4.78, 5) is 0. The first kappa shape index (κ1) is 8.52. The first-order chi connectivity index (χ1) is 5.95. The average molecular weight is 169 g/mol. The molecule has 1 aliphatic heterocycles. The fraction of sp³-hybridized carbons (Fsp3) is 1.00. The van der Waals surface area contributed by atoms with Gasteiger partial charge >= 0.3 is 0 Å². The van der Waals surface area contributed by atoms with Gasteiger partial charge in [-0.05, 0) is 31.7 Å². The molecular formula is C10H19NO. The molecule has 0 aromatic carbocycles. The molecule has 1 atom stereocenters. The monoisotopic (exact) mass is 169 g/mol. The molecule has 0 spiro atoms. The predicted octanol–water partition coefficient (Wildman–Crippen LogP) is 1.56. The Morgan fingerprint density at radius 1 is 1.25 bits per heavy atom. The molecule has 0 amide bonds. The van der Waals surface area contributed by atoms with Crippen LogP contribution in [0.1, 0.15) is 32.1 Å². The van der Waals surface area contributed by atoms with E-state index in [0.717, 1.165) is 19.1 Å². The molecule has 1 aliphatic carbocycles. The molecule has 2 fully saturated rings. The highest BCUT2D eigenvalue weighted by molar-refractivity contribution is 4.74. The van der Waals surface area contributed by atoms with E-state index in [1.165, 1.54) is 38.6 Å². The first-order valence-corrected chi connectivity index (χ1v) is 5.26. The van der Waals surface area contributed by atoms with E-state index >= 15 is 0 Å². The van der Waals surface area contributed by atoms with Crippen LogP contribution in [0.2, 0.25) is 0 Å². The van der Waals surface area contributed by atoms with Crippen molar-refractivity contribution in [3.63, 3.8) is 0 Å². The molecular weight excluding hydrogens is 150 g/mol. The first-order valence-electron chi connectivity index (χ1n) is 5.26. The Morgan fingerprint density at radius 3 is 2.83 bits per heavy atom. The third-order valence-electron chi connectivity index (χ3n) is 2.85. The van der Waals surface area contributed by atoms with Crippen LogP contribution in [0.4, 0.5) is 0 Å². The molecule has 2 aliphatic rings. The summed E-state index contributed by atoms with van der Waals surface area (Å²) in [7, 11) is 0. The zero-order valence-corrected chi connectivity index (χ0v) is 7.72. The van der Waals surface area contributed by atoms with E-state index < -0.39 is 0 Å². The van der Waals surface area contributed by atoms with Gasteiger partial charge in [-0.2, -0.15) is 0 Å². The molecule has 2 rings (SSSR count). The van der Waals surface area contributed by atoms with E-state index in [9.17, 15) is 0 Å². The second-order valence-corrected chi connectivity index (χ2v) is 4.10. The van der Waals surface area contributed by atoms with Crippen LogP contribution >= 0.6 is 0 Å². The highest BCUT2D eigenvalue weighted by Gasteiger charge is 2.20. The van der Waals surface area contributed by atoms with Gasteiger partial charge in [0, 0.05) is 12.6 Å². The van der Waals surface area contributed by atoms with Crippen LogP contribution in [-0.4, -0.2) is 25.8 Å². The van der Waals surface area contributed by atoms with Crippen molar-refractivity contribution in [3.8, 4) is 0 Å². The van der Waals surface area contributed by atoms with Crippen LogP contribution in [0.15, 0.2) is 0 Å². The van der Waals surface area contributed by atoms with Gasteiger partial charge in [0.05, 0.1) is 6.61 Å². The quantitative estimate of drug-likeness (QED) is 0.631. The van der Waals surface area contributed by atoms with Crippen molar-refractivity contribution >= 4 is 0 Å². The van der Waals surface area contributed by atoms with Crippen molar-refractivity contribution in [1.29, 1.82) is 0 Å².